The number of rotatable bonds is 4. The molecular formula is C14H23N3O5S. The predicted octanol–water partition coefficient (Wildman–Crippen LogP) is -1.15. The maximum Gasteiger partial charge on any atom is 0.339 e. The normalized spacial score (nSPS) is 26.1. The van der Waals surface area contributed by atoms with Gasteiger partial charge in [0.05, 0.1) is 20.8 Å². The third kappa shape index (κ3) is 4.15. The average molecular weight is 345 g/mol. The Morgan fingerprint density at radius 3 is 2.22 bits per heavy atom. The summed E-state index contributed by atoms with van der Waals surface area (Å²) >= 11 is 1.23. The van der Waals surface area contributed by atoms with Gasteiger partial charge in [0, 0.05) is 31.9 Å². The second-order valence-electron chi connectivity index (χ2n) is 5.63. The summed E-state index contributed by atoms with van der Waals surface area (Å²) in [6.07, 6.45) is 0. The number of carbonyl (C=O) groups is 3. The Bertz CT molecular complexity index is 443. The van der Waals surface area contributed by atoms with Gasteiger partial charge in [0.2, 0.25) is 5.91 Å². The Balaban J connectivity index is 2.07. The standard InChI is InChI=1S/C14H23N3O5S/c1-15-4-6-16(7-5-15)8-11(18)17-10(13(19)21-2)9-23-12(17)14(20)22-3/h10,12H,4-9H2,1-3H3. The fourth-order valence-electron chi connectivity index (χ4n) is 2.69. The van der Waals surface area contributed by atoms with Crippen LogP contribution in [-0.4, -0.2) is 104 Å². The van der Waals surface area contributed by atoms with Gasteiger partial charge in [0.25, 0.3) is 0 Å². The molecule has 0 aromatic heterocycles. The van der Waals surface area contributed by atoms with Crippen LogP contribution in [0.4, 0.5) is 0 Å². The molecule has 9 heteroatoms. The smallest absolute Gasteiger partial charge is 0.339 e. The van der Waals surface area contributed by atoms with Crippen LogP contribution in [0.1, 0.15) is 0 Å². The van der Waals surface area contributed by atoms with Crippen LogP contribution in [0, 0.1) is 0 Å². The first kappa shape index (κ1) is 18.0. The Morgan fingerprint density at radius 1 is 1.04 bits per heavy atom. The summed E-state index contributed by atoms with van der Waals surface area (Å²) in [5.41, 5.74) is 0. The Kier molecular flexibility index (Phi) is 6.25. The Morgan fingerprint density at radius 2 is 1.65 bits per heavy atom. The van der Waals surface area contributed by atoms with Crippen LogP contribution in [-0.2, 0) is 23.9 Å². The molecule has 2 heterocycles. The van der Waals surface area contributed by atoms with E-state index in [1.807, 2.05) is 11.9 Å². The topological polar surface area (TPSA) is 79.4 Å². The highest BCUT2D eigenvalue weighted by atomic mass is 32.2. The molecule has 2 aliphatic heterocycles. The van der Waals surface area contributed by atoms with Crippen molar-refractivity contribution in [2.45, 2.75) is 11.4 Å². The summed E-state index contributed by atoms with van der Waals surface area (Å²) in [6.45, 7) is 3.55. The van der Waals surface area contributed by atoms with Gasteiger partial charge in [0.15, 0.2) is 5.37 Å². The van der Waals surface area contributed by atoms with Crippen molar-refractivity contribution < 1.29 is 23.9 Å². The zero-order valence-electron chi connectivity index (χ0n) is 13.7. The van der Waals surface area contributed by atoms with Crippen molar-refractivity contribution in [3.05, 3.63) is 0 Å². The van der Waals surface area contributed by atoms with Gasteiger partial charge in [0.1, 0.15) is 6.04 Å². The molecule has 130 valence electrons. The van der Waals surface area contributed by atoms with E-state index in [-0.39, 0.29) is 12.5 Å². The average Bonchev–Trinajstić information content (AvgIpc) is 3.00. The number of ether oxygens (including phenoxy) is 2. The summed E-state index contributed by atoms with van der Waals surface area (Å²) in [7, 11) is 4.59. The van der Waals surface area contributed by atoms with Gasteiger partial charge in [-0.2, -0.15) is 0 Å². The number of hydrogen-bond acceptors (Lipinski definition) is 8. The van der Waals surface area contributed by atoms with Gasteiger partial charge in [-0.1, -0.05) is 0 Å². The predicted molar refractivity (Wildman–Crippen MR) is 84.8 cm³/mol. The lowest BCUT2D eigenvalue weighted by Gasteiger charge is -2.34. The molecule has 0 saturated carbocycles. The number of carbonyl (C=O) groups excluding carboxylic acids is 3. The lowest BCUT2D eigenvalue weighted by molar-refractivity contribution is -0.157. The van der Waals surface area contributed by atoms with Crippen LogP contribution in [0.15, 0.2) is 0 Å². The van der Waals surface area contributed by atoms with Crippen LogP contribution in [0.25, 0.3) is 0 Å². The summed E-state index contributed by atoms with van der Waals surface area (Å²) in [4.78, 5) is 42.1. The van der Waals surface area contributed by atoms with E-state index in [9.17, 15) is 14.4 Å². The van der Waals surface area contributed by atoms with Crippen molar-refractivity contribution in [1.82, 2.24) is 14.7 Å². The molecule has 2 fully saturated rings. The SMILES string of the molecule is COC(=O)C1CSC(C(=O)OC)N1C(=O)CN1CCN(C)CC1. The van der Waals surface area contributed by atoms with Crippen molar-refractivity contribution in [3.8, 4) is 0 Å². The number of esters is 2. The minimum Gasteiger partial charge on any atom is -0.467 e. The highest BCUT2D eigenvalue weighted by Crippen LogP contribution is 2.30. The first-order chi connectivity index (χ1) is 11.0. The van der Waals surface area contributed by atoms with Crippen LogP contribution in [0.5, 0.6) is 0 Å². The maximum atomic E-state index is 12.7. The van der Waals surface area contributed by atoms with E-state index in [4.69, 9.17) is 9.47 Å². The molecule has 2 aliphatic rings. The molecule has 2 rings (SSSR count). The Hall–Kier alpha value is -1.32. The van der Waals surface area contributed by atoms with Crippen molar-refractivity contribution in [1.29, 1.82) is 0 Å². The second kappa shape index (κ2) is 7.98. The molecule has 0 aromatic rings. The number of nitrogens with zero attached hydrogens (tertiary/aromatic N) is 3. The van der Waals surface area contributed by atoms with Gasteiger partial charge in [-0.3, -0.25) is 9.69 Å². The molecule has 2 saturated heterocycles. The highest BCUT2D eigenvalue weighted by Gasteiger charge is 2.46. The summed E-state index contributed by atoms with van der Waals surface area (Å²) < 4.78 is 9.52. The molecule has 0 aromatic carbocycles. The first-order valence-electron chi connectivity index (χ1n) is 7.47. The lowest BCUT2D eigenvalue weighted by Crippen LogP contribution is -2.54. The summed E-state index contributed by atoms with van der Waals surface area (Å²) in [6, 6.07) is -0.742. The van der Waals surface area contributed by atoms with E-state index >= 15 is 0 Å². The largest absolute Gasteiger partial charge is 0.467 e. The number of likely N-dealkylation sites (N-methyl/N-ethyl adjacent to an activating group) is 1. The molecule has 2 atom stereocenters. The van der Waals surface area contributed by atoms with E-state index in [2.05, 4.69) is 4.90 Å². The molecule has 8 nitrogen and oxygen atoms in total. The highest BCUT2D eigenvalue weighted by molar-refractivity contribution is 8.00. The molecule has 1 amide bonds. The van der Waals surface area contributed by atoms with Crippen molar-refractivity contribution in [2.75, 3.05) is 59.7 Å². The Labute approximate surface area is 140 Å². The van der Waals surface area contributed by atoms with E-state index in [0.717, 1.165) is 26.2 Å². The monoisotopic (exact) mass is 345 g/mol. The molecule has 0 bridgehead atoms. The zero-order chi connectivity index (χ0) is 17.0. The van der Waals surface area contributed by atoms with Gasteiger partial charge in [-0.05, 0) is 7.05 Å². The molecule has 23 heavy (non-hydrogen) atoms. The molecule has 0 aliphatic carbocycles. The first-order valence-corrected chi connectivity index (χ1v) is 8.52. The van der Waals surface area contributed by atoms with Gasteiger partial charge in [-0.25, -0.2) is 9.59 Å². The van der Waals surface area contributed by atoms with Crippen molar-refractivity contribution in [2.24, 2.45) is 0 Å². The van der Waals surface area contributed by atoms with Gasteiger partial charge < -0.3 is 19.3 Å². The lowest BCUT2D eigenvalue weighted by atomic mass is 10.2. The summed E-state index contributed by atoms with van der Waals surface area (Å²) in [5.74, 6) is -0.935. The molecule has 0 radical (unpaired) electrons. The van der Waals surface area contributed by atoms with Crippen LogP contribution >= 0.6 is 11.8 Å². The summed E-state index contributed by atoms with van der Waals surface area (Å²) in [5, 5.41) is -0.788. The molecular weight excluding hydrogens is 322 g/mol. The molecule has 2 unspecified atom stereocenters. The number of thioether (sulfide) groups is 1. The molecule has 0 spiro atoms. The third-order valence-corrected chi connectivity index (χ3v) is 5.36. The van der Waals surface area contributed by atoms with Gasteiger partial charge in [-0.15, -0.1) is 11.8 Å². The minimum absolute atomic E-state index is 0.190. The minimum atomic E-state index is -0.788. The molecule has 0 N–H and O–H groups in total. The maximum absolute atomic E-state index is 12.7. The van der Waals surface area contributed by atoms with Crippen molar-refractivity contribution >= 4 is 29.6 Å². The zero-order valence-corrected chi connectivity index (χ0v) is 14.5. The number of hydrogen-bond donors (Lipinski definition) is 0. The quantitative estimate of drug-likeness (QED) is 0.591. The van der Waals surface area contributed by atoms with Crippen LogP contribution < -0.4 is 0 Å². The van der Waals surface area contributed by atoms with E-state index in [1.165, 1.54) is 30.9 Å². The van der Waals surface area contributed by atoms with Crippen LogP contribution in [0.3, 0.4) is 0 Å². The van der Waals surface area contributed by atoms with Crippen molar-refractivity contribution in [3.63, 3.8) is 0 Å². The van der Waals surface area contributed by atoms with Crippen LogP contribution in [0.2, 0.25) is 0 Å². The number of amides is 1. The number of methoxy groups -OCH3 is 2. The van der Waals surface area contributed by atoms with E-state index < -0.39 is 23.4 Å². The van der Waals surface area contributed by atoms with E-state index in [0.29, 0.717) is 5.75 Å². The third-order valence-electron chi connectivity index (χ3n) is 4.12. The second-order valence-corrected chi connectivity index (χ2v) is 6.74. The van der Waals surface area contributed by atoms with E-state index in [1.54, 1.807) is 0 Å². The fourth-order valence-corrected chi connectivity index (χ4v) is 4.01. The van der Waals surface area contributed by atoms with Gasteiger partial charge >= 0.3 is 11.9 Å². The number of piperazine rings is 1. The fraction of sp³-hybridized carbons (Fsp3) is 0.786.